The van der Waals surface area contributed by atoms with E-state index in [9.17, 15) is 35.1 Å². The molecule has 3 saturated carbocycles. The van der Waals surface area contributed by atoms with Crippen LogP contribution in [0, 0.1) is 28.6 Å². The SMILES string of the molecule is CC(=O)OC(C)(C)CC[C@@H](O)[C@](C)(O)[C@H]1CC[C@@]2(O)C3=CC(=O)[C@H]4C[C@@H](O)[C@@H](O)C[C@]4(C)[C@H]3CC[C@]12C. The number of hydrogen-bond acceptors (Lipinski definition) is 8. The van der Waals surface area contributed by atoms with Crippen LogP contribution in [-0.4, -0.2) is 72.4 Å². The van der Waals surface area contributed by atoms with Crippen LogP contribution in [0.1, 0.15) is 92.9 Å². The zero-order valence-corrected chi connectivity index (χ0v) is 23.2. The van der Waals surface area contributed by atoms with Crippen LogP contribution in [0.15, 0.2) is 11.6 Å². The molecule has 4 rings (SSSR count). The molecule has 0 radical (unpaired) electrons. The van der Waals surface area contributed by atoms with Gasteiger partial charge in [-0.1, -0.05) is 13.8 Å². The van der Waals surface area contributed by atoms with Crippen LogP contribution in [0.25, 0.3) is 0 Å². The molecule has 0 aromatic heterocycles. The molecule has 0 spiro atoms. The summed E-state index contributed by atoms with van der Waals surface area (Å²) >= 11 is 0. The van der Waals surface area contributed by atoms with E-state index >= 15 is 0 Å². The maximum Gasteiger partial charge on any atom is 0.303 e. The van der Waals surface area contributed by atoms with Gasteiger partial charge in [0.05, 0.1) is 29.5 Å². The molecule has 3 fully saturated rings. The molecule has 5 N–H and O–H groups in total. The van der Waals surface area contributed by atoms with Gasteiger partial charge in [0.15, 0.2) is 5.78 Å². The number of hydrogen-bond donors (Lipinski definition) is 5. The van der Waals surface area contributed by atoms with Gasteiger partial charge in [0.1, 0.15) is 5.60 Å². The number of rotatable bonds is 6. The second-order valence-electron chi connectivity index (χ2n) is 13.7. The van der Waals surface area contributed by atoms with Crippen LogP contribution in [0.3, 0.4) is 0 Å². The van der Waals surface area contributed by atoms with Gasteiger partial charge in [-0.05, 0) is 101 Å². The van der Waals surface area contributed by atoms with Crippen molar-refractivity contribution in [2.24, 2.45) is 28.6 Å². The third-order valence-electron chi connectivity index (χ3n) is 10.9. The fraction of sp³-hybridized carbons (Fsp3) is 0.862. The summed E-state index contributed by atoms with van der Waals surface area (Å²) in [6.07, 6.45) is 1.94. The van der Waals surface area contributed by atoms with Crippen molar-refractivity contribution in [3.8, 4) is 0 Å². The molecule has 0 aromatic carbocycles. The predicted octanol–water partition coefficient (Wildman–Crippen LogP) is 2.42. The van der Waals surface area contributed by atoms with Gasteiger partial charge in [0.25, 0.3) is 0 Å². The lowest BCUT2D eigenvalue weighted by Crippen LogP contribution is -2.62. The van der Waals surface area contributed by atoms with E-state index in [2.05, 4.69) is 0 Å². The Bertz CT molecular complexity index is 971. The van der Waals surface area contributed by atoms with Crippen LogP contribution in [0.5, 0.6) is 0 Å². The van der Waals surface area contributed by atoms with Gasteiger partial charge in [-0.3, -0.25) is 9.59 Å². The molecule has 10 atom stereocenters. The number of carbonyl (C=O) groups is 2. The van der Waals surface area contributed by atoms with Gasteiger partial charge in [-0.25, -0.2) is 0 Å². The number of esters is 1. The van der Waals surface area contributed by atoms with Gasteiger partial charge in [-0.2, -0.15) is 0 Å². The lowest BCUT2D eigenvalue weighted by Gasteiger charge is -2.60. The molecule has 0 saturated heterocycles. The normalized spacial score (nSPS) is 44.1. The topological polar surface area (TPSA) is 145 Å². The summed E-state index contributed by atoms with van der Waals surface area (Å²) < 4.78 is 5.34. The van der Waals surface area contributed by atoms with Crippen LogP contribution < -0.4 is 0 Å². The highest BCUT2D eigenvalue weighted by atomic mass is 16.6. The second kappa shape index (κ2) is 9.12. The number of aliphatic hydroxyl groups is 5. The molecule has 4 aliphatic carbocycles. The molecule has 0 aromatic rings. The van der Waals surface area contributed by atoms with Crippen molar-refractivity contribution in [3.05, 3.63) is 11.6 Å². The van der Waals surface area contributed by atoms with Crippen LogP contribution in [-0.2, 0) is 14.3 Å². The quantitative estimate of drug-likeness (QED) is 0.335. The summed E-state index contributed by atoms with van der Waals surface area (Å²) in [5, 5.41) is 55.9. The minimum absolute atomic E-state index is 0.103. The molecule has 0 unspecified atom stereocenters. The van der Waals surface area contributed by atoms with Crippen molar-refractivity contribution in [1.29, 1.82) is 0 Å². The Hall–Kier alpha value is -1.32. The van der Waals surface area contributed by atoms with Crippen LogP contribution in [0.4, 0.5) is 0 Å². The summed E-state index contributed by atoms with van der Waals surface area (Å²) in [7, 11) is 0. The molecular formula is C29H46O8. The Balaban J connectivity index is 1.60. The third kappa shape index (κ3) is 4.41. The molecule has 210 valence electrons. The van der Waals surface area contributed by atoms with Gasteiger partial charge in [-0.15, -0.1) is 0 Å². The maximum atomic E-state index is 13.3. The Morgan fingerprint density at radius 1 is 1.14 bits per heavy atom. The Morgan fingerprint density at radius 2 is 1.78 bits per heavy atom. The molecule has 0 bridgehead atoms. The van der Waals surface area contributed by atoms with Gasteiger partial charge in [0.2, 0.25) is 0 Å². The highest BCUT2D eigenvalue weighted by Crippen LogP contribution is 2.68. The zero-order valence-electron chi connectivity index (χ0n) is 23.2. The van der Waals surface area contributed by atoms with E-state index in [1.54, 1.807) is 26.8 Å². The summed E-state index contributed by atoms with van der Waals surface area (Å²) in [6, 6.07) is 0. The third-order valence-corrected chi connectivity index (χ3v) is 10.9. The lowest BCUT2D eigenvalue weighted by atomic mass is 9.45. The Labute approximate surface area is 220 Å². The van der Waals surface area contributed by atoms with Crippen molar-refractivity contribution in [1.82, 2.24) is 0 Å². The molecule has 0 aliphatic heterocycles. The van der Waals surface area contributed by atoms with Crippen LogP contribution >= 0.6 is 0 Å². The fourth-order valence-electron chi connectivity index (χ4n) is 8.76. The first-order valence-electron chi connectivity index (χ1n) is 13.8. The second-order valence-corrected chi connectivity index (χ2v) is 13.7. The molecular weight excluding hydrogens is 476 g/mol. The van der Waals surface area contributed by atoms with E-state index in [1.165, 1.54) is 6.92 Å². The monoisotopic (exact) mass is 522 g/mol. The van der Waals surface area contributed by atoms with Crippen molar-refractivity contribution < 1.29 is 39.9 Å². The average molecular weight is 523 g/mol. The first kappa shape index (κ1) is 28.7. The van der Waals surface area contributed by atoms with Crippen molar-refractivity contribution in [2.45, 2.75) is 128 Å². The van der Waals surface area contributed by atoms with Gasteiger partial charge in [0, 0.05) is 18.3 Å². The lowest BCUT2D eigenvalue weighted by molar-refractivity contribution is -0.178. The van der Waals surface area contributed by atoms with Gasteiger partial charge < -0.3 is 30.3 Å². The smallest absolute Gasteiger partial charge is 0.303 e. The Morgan fingerprint density at radius 3 is 2.41 bits per heavy atom. The standard InChI is InChI=1S/C29H46O8/c1-16(30)37-25(2,3)10-9-24(34)28(6,35)23-8-12-29(36)18-13-20(31)19-14-21(32)22(33)15-26(19,4)17(18)7-11-27(23,29)5/h13,17,19,21-24,32-36H,7-12,14-15H2,1-6H3/t17-,19+,21+,22-,23-,24+,26+,27+,28+,29+/m0/s1. The summed E-state index contributed by atoms with van der Waals surface area (Å²) in [4.78, 5) is 24.7. The van der Waals surface area contributed by atoms with E-state index in [0.717, 1.165) is 0 Å². The van der Waals surface area contributed by atoms with Crippen molar-refractivity contribution in [3.63, 3.8) is 0 Å². The van der Waals surface area contributed by atoms with E-state index in [1.807, 2.05) is 13.8 Å². The number of fused-ring (bicyclic) bond motifs is 5. The summed E-state index contributed by atoms with van der Waals surface area (Å²) in [6.45, 7) is 10.5. The fourth-order valence-corrected chi connectivity index (χ4v) is 8.76. The first-order valence-corrected chi connectivity index (χ1v) is 13.8. The van der Waals surface area contributed by atoms with Crippen molar-refractivity contribution >= 4 is 11.8 Å². The number of allylic oxidation sites excluding steroid dienone is 1. The van der Waals surface area contributed by atoms with E-state index in [-0.39, 0.29) is 24.5 Å². The van der Waals surface area contributed by atoms with Gasteiger partial charge >= 0.3 is 5.97 Å². The highest BCUT2D eigenvalue weighted by molar-refractivity contribution is 5.95. The summed E-state index contributed by atoms with van der Waals surface area (Å²) in [5.41, 5.74) is -4.22. The average Bonchev–Trinajstić information content (AvgIpc) is 3.05. The van der Waals surface area contributed by atoms with E-state index in [0.29, 0.717) is 44.1 Å². The van der Waals surface area contributed by atoms with Crippen molar-refractivity contribution in [2.75, 3.05) is 0 Å². The zero-order chi connectivity index (χ0) is 27.8. The number of aliphatic hydroxyl groups excluding tert-OH is 3. The first-order chi connectivity index (χ1) is 16.9. The molecule has 8 heteroatoms. The predicted molar refractivity (Wildman–Crippen MR) is 136 cm³/mol. The molecule has 37 heavy (non-hydrogen) atoms. The minimum Gasteiger partial charge on any atom is -0.460 e. The number of carbonyl (C=O) groups excluding carboxylic acids is 2. The molecule has 8 nitrogen and oxygen atoms in total. The van der Waals surface area contributed by atoms with Crippen LogP contribution in [0.2, 0.25) is 0 Å². The number of ketones is 1. The minimum atomic E-state index is -1.50. The summed E-state index contributed by atoms with van der Waals surface area (Å²) in [5.74, 6) is -1.43. The van der Waals surface area contributed by atoms with E-state index < -0.39 is 63.8 Å². The molecule has 0 amide bonds. The Kier molecular flexibility index (Phi) is 7.07. The number of ether oxygens (including phenoxy) is 1. The highest BCUT2D eigenvalue weighted by Gasteiger charge is 2.69. The maximum absolute atomic E-state index is 13.3. The molecule has 4 aliphatic rings. The largest absolute Gasteiger partial charge is 0.460 e. The van der Waals surface area contributed by atoms with E-state index in [4.69, 9.17) is 4.74 Å². The molecule has 0 heterocycles.